The molecule has 0 aliphatic carbocycles. The van der Waals surface area contributed by atoms with Gasteiger partial charge in [-0.05, 0) is 25.7 Å². The van der Waals surface area contributed by atoms with Crippen molar-refractivity contribution in [1.82, 2.24) is 5.32 Å². The van der Waals surface area contributed by atoms with E-state index in [9.17, 15) is 4.79 Å². The molecule has 0 saturated carbocycles. The van der Waals surface area contributed by atoms with Crippen LogP contribution in [-0.2, 0) is 4.79 Å². The number of nitrogens with two attached hydrogens (primary N) is 1. The summed E-state index contributed by atoms with van der Waals surface area (Å²) in [5.74, 6) is 0.0159. The summed E-state index contributed by atoms with van der Waals surface area (Å²) in [4.78, 5) is 12.0. The molecule has 0 saturated heterocycles. The summed E-state index contributed by atoms with van der Waals surface area (Å²) in [7, 11) is 0. The Morgan fingerprint density at radius 2 is 1.94 bits per heavy atom. The van der Waals surface area contributed by atoms with Crippen LogP contribution in [0.1, 0.15) is 24.7 Å². The largest absolute Gasteiger partial charge is 0.353 e. The zero-order chi connectivity index (χ0) is 12.9. The van der Waals surface area contributed by atoms with Gasteiger partial charge in [-0.1, -0.05) is 30.3 Å². The van der Waals surface area contributed by atoms with Crippen molar-refractivity contribution in [2.24, 2.45) is 5.73 Å². The van der Waals surface area contributed by atoms with Crippen LogP contribution in [0, 0.1) is 0 Å². The van der Waals surface area contributed by atoms with Crippen molar-refractivity contribution in [2.75, 3.05) is 12.8 Å². The van der Waals surface area contributed by atoms with E-state index in [0.29, 0.717) is 6.54 Å². The number of carbonyl (C=O) groups is 1. The number of thioether (sulfide) groups is 1. The fraction of sp³-hybridized carbons (Fsp3) is 0.462. The molecule has 1 atom stereocenters. The highest BCUT2D eigenvalue weighted by Gasteiger charge is 2.20. The lowest BCUT2D eigenvalue weighted by Crippen LogP contribution is -2.46. The molecule has 0 heterocycles. The van der Waals surface area contributed by atoms with Gasteiger partial charge in [-0.25, -0.2) is 0 Å². The maximum atomic E-state index is 12.0. The summed E-state index contributed by atoms with van der Waals surface area (Å²) in [6.45, 7) is 4.27. The number of carbonyl (C=O) groups excluding carboxylic acids is 1. The summed E-state index contributed by atoms with van der Waals surface area (Å²) in [6.07, 6.45) is 1.94. The lowest BCUT2D eigenvalue weighted by atomic mass is 10.1. The molecular weight excluding hydrogens is 268 g/mol. The molecule has 1 aromatic carbocycles. The second kappa shape index (κ2) is 7.67. The van der Waals surface area contributed by atoms with Gasteiger partial charge in [0, 0.05) is 12.1 Å². The molecule has 0 radical (unpaired) electrons. The third kappa shape index (κ3) is 5.76. The van der Waals surface area contributed by atoms with E-state index in [1.54, 1.807) is 0 Å². The number of halogens is 1. The smallest absolute Gasteiger partial charge is 0.237 e. The Labute approximate surface area is 119 Å². The zero-order valence-electron chi connectivity index (χ0n) is 11.0. The Morgan fingerprint density at radius 1 is 1.39 bits per heavy atom. The minimum Gasteiger partial charge on any atom is -0.353 e. The highest BCUT2D eigenvalue weighted by molar-refractivity contribution is 7.99. The average Bonchev–Trinajstić information content (AvgIpc) is 2.28. The molecule has 1 unspecified atom stereocenters. The normalized spacial score (nSPS) is 12.4. The van der Waals surface area contributed by atoms with Crippen LogP contribution in [0.2, 0.25) is 0 Å². The fourth-order valence-electron chi connectivity index (χ4n) is 1.43. The number of benzene rings is 1. The SMILES string of the molecule is CSC(C(=O)NCC(C)(C)N)c1ccccc1.Cl. The van der Waals surface area contributed by atoms with Crippen LogP contribution in [-0.4, -0.2) is 24.2 Å². The monoisotopic (exact) mass is 288 g/mol. The second-order valence-corrected chi connectivity index (χ2v) is 5.68. The van der Waals surface area contributed by atoms with Crippen molar-refractivity contribution in [3.63, 3.8) is 0 Å². The third-order valence-corrected chi connectivity index (χ3v) is 3.25. The van der Waals surface area contributed by atoms with E-state index in [4.69, 9.17) is 5.73 Å². The van der Waals surface area contributed by atoms with Crippen molar-refractivity contribution in [1.29, 1.82) is 0 Å². The van der Waals surface area contributed by atoms with Gasteiger partial charge >= 0.3 is 0 Å². The van der Waals surface area contributed by atoms with E-state index < -0.39 is 0 Å². The molecule has 3 nitrogen and oxygen atoms in total. The molecule has 0 bridgehead atoms. The number of rotatable bonds is 5. The van der Waals surface area contributed by atoms with E-state index >= 15 is 0 Å². The molecule has 1 amide bonds. The summed E-state index contributed by atoms with van der Waals surface area (Å²) in [6, 6.07) is 9.77. The average molecular weight is 289 g/mol. The Hall–Kier alpha value is -0.710. The molecule has 3 N–H and O–H groups in total. The molecule has 5 heteroatoms. The van der Waals surface area contributed by atoms with Crippen LogP contribution in [0.15, 0.2) is 30.3 Å². The first-order chi connectivity index (χ1) is 7.94. The van der Waals surface area contributed by atoms with Crippen LogP contribution in [0.4, 0.5) is 0 Å². The zero-order valence-corrected chi connectivity index (χ0v) is 12.6. The van der Waals surface area contributed by atoms with Crippen LogP contribution in [0.5, 0.6) is 0 Å². The summed E-state index contributed by atoms with van der Waals surface area (Å²) >= 11 is 1.53. The highest BCUT2D eigenvalue weighted by Crippen LogP contribution is 2.26. The molecule has 18 heavy (non-hydrogen) atoms. The van der Waals surface area contributed by atoms with E-state index in [1.165, 1.54) is 11.8 Å². The van der Waals surface area contributed by atoms with E-state index in [1.807, 2.05) is 50.4 Å². The molecule has 102 valence electrons. The van der Waals surface area contributed by atoms with E-state index in [-0.39, 0.29) is 29.1 Å². The molecule has 0 spiro atoms. The lowest BCUT2D eigenvalue weighted by molar-refractivity contribution is -0.120. The first kappa shape index (κ1) is 17.3. The number of amides is 1. The van der Waals surface area contributed by atoms with Crippen LogP contribution >= 0.6 is 24.2 Å². The van der Waals surface area contributed by atoms with Crippen molar-refractivity contribution >= 4 is 30.1 Å². The maximum absolute atomic E-state index is 12.0. The highest BCUT2D eigenvalue weighted by atomic mass is 35.5. The van der Waals surface area contributed by atoms with Gasteiger partial charge in [0.25, 0.3) is 0 Å². The quantitative estimate of drug-likeness (QED) is 0.874. The molecule has 0 aromatic heterocycles. The molecule has 0 fully saturated rings. The predicted molar refractivity (Wildman–Crippen MR) is 81.2 cm³/mol. The summed E-state index contributed by atoms with van der Waals surface area (Å²) < 4.78 is 0. The van der Waals surface area contributed by atoms with Gasteiger partial charge < -0.3 is 11.1 Å². The second-order valence-electron chi connectivity index (χ2n) is 4.73. The fourth-order valence-corrected chi connectivity index (χ4v) is 2.16. The molecule has 0 aliphatic rings. The van der Waals surface area contributed by atoms with Gasteiger partial charge in [0.1, 0.15) is 5.25 Å². The Balaban J connectivity index is 0.00000289. The van der Waals surface area contributed by atoms with Gasteiger partial charge in [0.05, 0.1) is 0 Å². The van der Waals surface area contributed by atoms with Gasteiger partial charge in [0.15, 0.2) is 0 Å². The minimum absolute atomic E-state index is 0. The van der Waals surface area contributed by atoms with Gasteiger partial charge in [-0.3, -0.25) is 4.79 Å². The Morgan fingerprint density at radius 3 is 2.39 bits per heavy atom. The number of nitrogens with one attached hydrogen (secondary N) is 1. The van der Waals surface area contributed by atoms with Crippen LogP contribution in [0.3, 0.4) is 0 Å². The standard InChI is InChI=1S/C13H20N2OS.ClH/c1-13(2,14)9-15-12(16)11(17-3)10-7-5-4-6-8-10;/h4-8,11H,9,14H2,1-3H3,(H,15,16);1H. The topological polar surface area (TPSA) is 55.1 Å². The van der Waals surface area contributed by atoms with Crippen molar-refractivity contribution in [3.05, 3.63) is 35.9 Å². The van der Waals surface area contributed by atoms with Crippen molar-refractivity contribution in [3.8, 4) is 0 Å². The molecular formula is C13H21ClN2OS. The molecule has 0 aliphatic heterocycles. The third-order valence-electron chi connectivity index (χ3n) is 2.29. The lowest BCUT2D eigenvalue weighted by Gasteiger charge is -2.21. The first-order valence-corrected chi connectivity index (χ1v) is 6.87. The van der Waals surface area contributed by atoms with Crippen LogP contribution in [0.25, 0.3) is 0 Å². The van der Waals surface area contributed by atoms with Gasteiger partial charge in [0.2, 0.25) is 5.91 Å². The van der Waals surface area contributed by atoms with Crippen LogP contribution < -0.4 is 11.1 Å². The van der Waals surface area contributed by atoms with Gasteiger partial charge in [-0.2, -0.15) is 0 Å². The molecule has 1 rings (SSSR count). The maximum Gasteiger partial charge on any atom is 0.237 e. The Kier molecular flexibility index (Phi) is 7.36. The Bertz CT molecular complexity index is 365. The van der Waals surface area contributed by atoms with E-state index in [0.717, 1.165) is 5.56 Å². The predicted octanol–water partition coefficient (Wildman–Crippen LogP) is 2.37. The number of hydrogen-bond acceptors (Lipinski definition) is 3. The molecule has 1 aromatic rings. The first-order valence-electron chi connectivity index (χ1n) is 5.58. The van der Waals surface area contributed by atoms with Gasteiger partial charge in [-0.15, -0.1) is 24.2 Å². The van der Waals surface area contributed by atoms with Crippen molar-refractivity contribution in [2.45, 2.75) is 24.6 Å². The summed E-state index contributed by atoms with van der Waals surface area (Å²) in [5, 5.41) is 2.72. The summed E-state index contributed by atoms with van der Waals surface area (Å²) in [5.41, 5.74) is 6.48. The number of hydrogen-bond donors (Lipinski definition) is 2. The minimum atomic E-state index is -0.380. The van der Waals surface area contributed by atoms with Crippen molar-refractivity contribution < 1.29 is 4.79 Å². The van der Waals surface area contributed by atoms with E-state index in [2.05, 4.69) is 5.32 Å².